The Morgan fingerprint density at radius 2 is 2.31 bits per heavy atom. The molecular weight excluding hydrogens is 218 g/mol. The van der Waals surface area contributed by atoms with Crippen LogP contribution in [-0.2, 0) is 12.8 Å². The molecule has 1 unspecified atom stereocenters. The van der Waals surface area contributed by atoms with E-state index in [0.717, 1.165) is 37.9 Å². The van der Waals surface area contributed by atoms with Crippen LogP contribution < -0.4 is 10.6 Å². The fourth-order valence-corrected chi connectivity index (χ4v) is 4.07. The minimum Gasteiger partial charge on any atom is -0.361 e. The van der Waals surface area contributed by atoms with Gasteiger partial charge in [-0.1, -0.05) is 0 Å². The zero-order valence-electron chi connectivity index (χ0n) is 9.20. The molecule has 0 radical (unpaired) electrons. The Kier molecular flexibility index (Phi) is 2.38. The van der Waals surface area contributed by atoms with E-state index in [1.54, 1.807) is 0 Å². The van der Waals surface area contributed by atoms with E-state index in [2.05, 4.69) is 11.0 Å². The van der Waals surface area contributed by atoms with Gasteiger partial charge in [-0.2, -0.15) is 5.26 Å². The van der Waals surface area contributed by atoms with E-state index in [0.29, 0.717) is 0 Å². The summed E-state index contributed by atoms with van der Waals surface area (Å²) in [5.41, 5.74) is 8.18. The average molecular weight is 233 g/mol. The highest BCUT2D eigenvalue weighted by Gasteiger charge is 2.28. The molecule has 1 aromatic rings. The summed E-state index contributed by atoms with van der Waals surface area (Å²) < 4.78 is 0. The summed E-state index contributed by atoms with van der Waals surface area (Å²) in [6.45, 7) is 1.92. The third-order valence-electron chi connectivity index (χ3n) is 3.53. The van der Waals surface area contributed by atoms with E-state index in [9.17, 15) is 5.26 Å². The van der Waals surface area contributed by atoms with E-state index in [1.807, 2.05) is 11.3 Å². The van der Waals surface area contributed by atoms with Crippen molar-refractivity contribution in [3.8, 4) is 6.07 Å². The van der Waals surface area contributed by atoms with Crippen molar-refractivity contribution in [2.24, 2.45) is 5.73 Å². The molecule has 2 heterocycles. The predicted octanol–water partition coefficient (Wildman–Crippen LogP) is 1.65. The number of hydrogen-bond acceptors (Lipinski definition) is 4. The smallest absolute Gasteiger partial charge is 0.110 e. The number of aryl methyl sites for hydroxylation is 1. The fraction of sp³-hybridized carbons (Fsp3) is 0.583. The predicted molar refractivity (Wildman–Crippen MR) is 65.9 cm³/mol. The van der Waals surface area contributed by atoms with Crippen LogP contribution in [0.5, 0.6) is 0 Å². The second-order valence-electron chi connectivity index (χ2n) is 4.64. The molecule has 1 aromatic heterocycles. The first-order valence-corrected chi connectivity index (χ1v) is 6.66. The first kappa shape index (κ1) is 10.1. The van der Waals surface area contributed by atoms with Gasteiger partial charge in [0.05, 0.1) is 5.56 Å². The summed E-state index contributed by atoms with van der Waals surface area (Å²) in [6.07, 6.45) is 4.52. The Hall–Kier alpha value is -1.05. The number of thiophene rings is 1. The molecule has 1 atom stereocenters. The van der Waals surface area contributed by atoms with Gasteiger partial charge in [-0.25, -0.2) is 0 Å². The third-order valence-corrected chi connectivity index (χ3v) is 4.88. The number of rotatable bonds is 1. The van der Waals surface area contributed by atoms with Gasteiger partial charge >= 0.3 is 0 Å². The first-order valence-electron chi connectivity index (χ1n) is 5.84. The summed E-state index contributed by atoms with van der Waals surface area (Å²) in [5, 5.41) is 10.5. The van der Waals surface area contributed by atoms with Gasteiger partial charge in [0.1, 0.15) is 11.1 Å². The van der Waals surface area contributed by atoms with Crippen molar-refractivity contribution in [1.29, 1.82) is 5.26 Å². The summed E-state index contributed by atoms with van der Waals surface area (Å²) in [7, 11) is 0. The zero-order chi connectivity index (χ0) is 11.1. The maximum atomic E-state index is 9.30. The number of nitriles is 1. The molecule has 0 spiro atoms. The highest BCUT2D eigenvalue weighted by atomic mass is 32.1. The fourth-order valence-electron chi connectivity index (χ4n) is 2.70. The van der Waals surface area contributed by atoms with E-state index in [-0.39, 0.29) is 6.04 Å². The largest absolute Gasteiger partial charge is 0.361 e. The van der Waals surface area contributed by atoms with Crippen molar-refractivity contribution in [3.63, 3.8) is 0 Å². The third kappa shape index (κ3) is 1.43. The van der Waals surface area contributed by atoms with Crippen molar-refractivity contribution < 1.29 is 0 Å². The van der Waals surface area contributed by atoms with Crippen LogP contribution >= 0.6 is 11.3 Å². The molecule has 4 heteroatoms. The van der Waals surface area contributed by atoms with E-state index >= 15 is 0 Å². The van der Waals surface area contributed by atoms with Crippen molar-refractivity contribution in [1.82, 2.24) is 0 Å². The van der Waals surface area contributed by atoms with Crippen molar-refractivity contribution in [2.75, 3.05) is 18.0 Å². The van der Waals surface area contributed by atoms with E-state index in [4.69, 9.17) is 5.73 Å². The molecule has 1 saturated heterocycles. The minimum atomic E-state index is 0.281. The van der Waals surface area contributed by atoms with Gasteiger partial charge in [0, 0.05) is 24.0 Å². The van der Waals surface area contributed by atoms with E-state index in [1.165, 1.54) is 21.9 Å². The Morgan fingerprint density at radius 3 is 3.00 bits per heavy atom. The minimum absolute atomic E-state index is 0.281. The van der Waals surface area contributed by atoms with Crippen molar-refractivity contribution >= 4 is 16.3 Å². The van der Waals surface area contributed by atoms with Crippen LogP contribution in [0.1, 0.15) is 28.8 Å². The average Bonchev–Trinajstić information content (AvgIpc) is 2.90. The molecule has 1 fully saturated rings. The lowest BCUT2D eigenvalue weighted by atomic mass is 10.1. The normalized spacial score (nSPS) is 23.5. The van der Waals surface area contributed by atoms with Crippen molar-refractivity contribution in [3.05, 3.63) is 16.0 Å². The first-order chi connectivity index (χ1) is 7.79. The molecule has 0 bridgehead atoms. The van der Waals surface area contributed by atoms with Crippen LogP contribution in [-0.4, -0.2) is 19.1 Å². The molecule has 0 amide bonds. The van der Waals surface area contributed by atoms with Crippen LogP contribution in [0.4, 0.5) is 5.00 Å². The second-order valence-corrected chi connectivity index (χ2v) is 5.73. The quantitative estimate of drug-likeness (QED) is 0.802. The highest BCUT2D eigenvalue weighted by Crippen LogP contribution is 2.41. The molecule has 1 aliphatic heterocycles. The molecule has 1 aliphatic carbocycles. The van der Waals surface area contributed by atoms with Crippen LogP contribution in [0.25, 0.3) is 0 Å². The van der Waals surface area contributed by atoms with Gasteiger partial charge in [0.25, 0.3) is 0 Å². The molecule has 16 heavy (non-hydrogen) atoms. The topological polar surface area (TPSA) is 53.0 Å². The maximum absolute atomic E-state index is 9.30. The molecule has 3 nitrogen and oxygen atoms in total. The van der Waals surface area contributed by atoms with Crippen LogP contribution in [0, 0.1) is 11.3 Å². The molecule has 0 saturated carbocycles. The molecular formula is C12H15N3S. The van der Waals surface area contributed by atoms with Crippen LogP contribution in [0.15, 0.2) is 0 Å². The number of fused-ring (bicyclic) bond motifs is 1. The summed E-state index contributed by atoms with van der Waals surface area (Å²) in [4.78, 5) is 3.73. The van der Waals surface area contributed by atoms with Gasteiger partial charge in [0.2, 0.25) is 0 Å². The monoisotopic (exact) mass is 233 g/mol. The van der Waals surface area contributed by atoms with Crippen molar-refractivity contribution in [2.45, 2.75) is 31.7 Å². The lowest BCUT2D eigenvalue weighted by molar-refractivity contribution is 0.752. The molecule has 2 N–H and O–H groups in total. The van der Waals surface area contributed by atoms with Crippen LogP contribution in [0.2, 0.25) is 0 Å². The molecule has 84 valence electrons. The Balaban J connectivity index is 1.99. The van der Waals surface area contributed by atoms with Gasteiger partial charge in [-0.05, 0) is 31.2 Å². The number of hydrogen-bond donors (Lipinski definition) is 1. The standard InChI is InChI=1S/C12H15N3S/c13-6-10-9-2-1-3-11(9)16-12(10)15-5-4-8(14)7-15/h8H,1-5,7,14H2. The summed E-state index contributed by atoms with van der Waals surface area (Å²) >= 11 is 1.82. The second kappa shape index (κ2) is 3.76. The number of anilines is 1. The Labute approximate surface area is 99.5 Å². The Bertz CT molecular complexity index is 458. The van der Waals surface area contributed by atoms with Gasteiger partial charge in [-0.15, -0.1) is 11.3 Å². The molecule has 2 aliphatic rings. The maximum Gasteiger partial charge on any atom is 0.110 e. The SMILES string of the molecule is N#Cc1c(N2CCC(N)C2)sc2c1CCC2. The lowest BCUT2D eigenvalue weighted by Crippen LogP contribution is -2.26. The lowest BCUT2D eigenvalue weighted by Gasteiger charge is -2.16. The number of nitrogens with zero attached hydrogens (tertiary/aromatic N) is 2. The van der Waals surface area contributed by atoms with E-state index < -0.39 is 0 Å². The summed E-state index contributed by atoms with van der Waals surface area (Å²) in [6, 6.07) is 2.68. The van der Waals surface area contributed by atoms with Gasteiger partial charge in [-0.3, -0.25) is 0 Å². The van der Waals surface area contributed by atoms with Gasteiger partial charge in [0.15, 0.2) is 0 Å². The molecule has 0 aromatic carbocycles. The highest BCUT2D eigenvalue weighted by molar-refractivity contribution is 7.16. The molecule has 3 rings (SSSR count). The summed E-state index contributed by atoms with van der Waals surface area (Å²) in [5.74, 6) is 0. The van der Waals surface area contributed by atoms with Crippen LogP contribution in [0.3, 0.4) is 0 Å². The number of nitrogens with two attached hydrogens (primary N) is 1. The zero-order valence-corrected chi connectivity index (χ0v) is 10.0. The Morgan fingerprint density at radius 1 is 1.44 bits per heavy atom. The van der Waals surface area contributed by atoms with Gasteiger partial charge < -0.3 is 10.6 Å².